The number of thiocarbonyl (C=S) groups is 1. The molecule has 0 bridgehead atoms. The molecule has 9 heteroatoms. The van der Waals surface area contributed by atoms with Gasteiger partial charge in [0.25, 0.3) is 11.8 Å². The molecule has 0 saturated carbocycles. The molecule has 0 unspecified atom stereocenters. The number of anilines is 1. The second-order valence-corrected chi connectivity index (χ2v) is 10.1. The van der Waals surface area contributed by atoms with Crippen LogP contribution in [0.15, 0.2) is 66.2 Å². The summed E-state index contributed by atoms with van der Waals surface area (Å²) in [6.07, 6.45) is 2.43. The number of rotatable bonds is 6. The van der Waals surface area contributed by atoms with Crippen LogP contribution in [0.3, 0.4) is 0 Å². The molecule has 4 rings (SSSR count). The first-order valence-corrected chi connectivity index (χ1v) is 12.9. The van der Waals surface area contributed by atoms with Crippen LogP contribution in [0.2, 0.25) is 10.0 Å². The zero-order chi connectivity index (χ0) is 25.1. The Bertz CT molecular complexity index is 1360. The molecule has 1 N–H and O–H groups in total. The first-order chi connectivity index (χ1) is 16.8. The SMILES string of the molecule is CCc1ccc(N2C(=O)/C(=C/c3ccc(OCc4ccc(Cl)c(Cl)c4)c(I)c3)C(=O)NC2=S)cc1. The van der Waals surface area contributed by atoms with Gasteiger partial charge in [0.05, 0.1) is 19.3 Å². The van der Waals surface area contributed by atoms with Gasteiger partial charge in [0.1, 0.15) is 17.9 Å². The smallest absolute Gasteiger partial charge is 0.270 e. The third-order valence-electron chi connectivity index (χ3n) is 5.35. The van der Waals surface area contributed by atoms with Gasteiger partial charge in [-0.15, -0.1) is 0 Å². The number of aryl methyl sites for hydroxylation is 1. The number of halogens is 3. The molecule has 0 aliphatic carbocycles. The zero-order valence-corrected chi connectivity index (χ0v) is 23.0. The summed E-state index contributed by atoms with van der Waals surface area (Å²) in [5.74, 6) is -0.341. The van der Waals surface area contributed by atoms with E-state index in [0.29, 0.717) is 33.7 Å². The van der Waals surface area contributed by atoms with Crippen LogP contribution in [0.25, 0.3) is 6.08 Å². The monoisotopic (exact) mass is 636 g/mol. The summed E-state index contributed by atoms with van der Waals surface area (Å²) >= 11 is 19.5. The highest BCUT2D eigenvalue weighted by Gasteiger charge is 2.34. The summed E-state index contributed by atoms with van der Waals surface area (Å²) in [6.45, 7) is 2.37. The summed E-state index contributed by atoms with van der Waals surface area (Å²) in [5, 5.41) is 3.62. The van der Waals surface area contributed by atoms with Gasteiger partial charge in [-0.3, -0.25) is 19.8 Å². The van der Waals surface area contributed by atoms with Crippen LogP contribution in [0, 0.1) is 3.57 Å². The molecule has 3 aromatic carbocycles. The second kappa shape index (κ2) is 11.1. The molecule has 0 atom stereocenters. The van der Waals surface area contributed by atoms with Gasteiger partial charge >= 0.3 is 0 Å². The van der Waals surface area contributed by atoms with Gasteiger partial charge < -0.3 is 4.74 Å². The number of hydrogen-bond donors (Lipinski definition) is 1. The van der Waals surface area contributed by atoms with Gasteiger partial charge in [-0.1, -0.05) is 54.4 Å². The van der Waals surface area contributed by atoms with Crippen molar-refractivity contribution in [3.8, 4) is 5.75 Å². The van der Waals surface area contributed by atoms with Crippen LogP contribution in [-0.4, -0.2) is 16.9 Å². The number of ether oxygens (including phenoxy) is 1. The maximum atomic E-state index is 13.2. The molecule has 1 heterocycles. The van der Waals surface area contributed by atoms with Crippen molar-refractivity contribution in [2.24, 2.45) is 0 Å². The van der Waals surface area contributed by atoms with E-state index in [2.05, 4.69) is 34.8 Å². The van der Waals surface area contributed by atoms with Crippen molar-refractivity contribution in [2.45, 2.75) is 20.0 Å². The Kier molecular flexibility index (Phi) is 8.11. The number of hydrogen-bond acceptors (Lipinski definition) is 4. The van der Waals surface area contributed by atoms with Gasteiger partial charge in [0, 0.05) is 0 Å². The van der Waals surface area contributed by atoms with Gasteiger partial charge in [0.15, 0.2) is 5.11 Å². The molecule has 1 aliphatic rings. The summed E-state index contributed by atoms with van der Waals surface area (Å²) < 4.78 is 6.73. The van der Waals surface area contributed by atoms with Crippen LogP contribution < -0.4 is 15.0 Å². The Labute approximate surface area is 232 Å². The van der Waals surface area contributed by atoms with Gasteiger partial charge in [-0.25, -0.2) is 0 Å². The van der Waals surface area contributed by atoms with Crippen LogP contribution >= 0.6 is 58.0 Å². The number of benzene rings is 3. The Hall–Kier alpha value is -2.46. The third-order valence-corrected chi connectivity index (χ3v) is 7.22. The quantitative estimate of drug-likeness (QED) is 0.144. The molecule has 1 fully saturated rings. The van der Waals surface area contributed by atoms with Crippen molar-refractivity contribution in [1.82, 2.24) is 5.32 Å². The van der Waals surface area contributed by atoms with E-state index in [1.165, 1.54) is 4.90 Å². The van der Waals surface area contributed by atoms with Crippen molar-refractivity contribution >= 4 is 86.7 Å². The second-order valence-electron chi connectivity index (χ2n) is 7.70. The standard InChI is InChI=1S/C26H19Cl2IN2O3S/c1-2-15-3-7-18(8-4-15)31-25(33)19(24(32)30-26(31)35)11-16-6-10-23(22(29)13-16)34-14-17-5-9-20(27)21(28)12-17/h3-13H,2,14H2,1H3,(H,30,32,35)/b19-11+. The minimum atomic E-state index is -0.531. The zero-order valence-electron chi connectivity index (χ0n) is 18.5. The largest absolute Gasteiger partial charge is 0.488 e. The van der Waals surface area contributed by atoms with E-state index in [0.717, 1.165) is 21.1 Å². The lowest BCUT2D eigenvalue weighted by atomic mass is 10.1. The highest BCUT2D eigenvalue weighted by atomic mass is 127. The van der Waals surface area contributed by atoms with Gasteiger partial charge in [-0.2, -0.15) is 0 Å². The van der Waals surface area contributed by atoms with E-state index in [1.807, 2.05) is 36.4 Å². The lowest BCUT2D eigenvalue weighted by Crippen LogP contribution is -2.54. The highest BCUT2D eigenvalue weighted by molar-refractivity contribution is 14.1. The van der Waals surface area contributed by atoms with Crippen molar-refractivity contribution in [2.75, 3.05) is 4.90 Å². The lowest BCUT2D eigenvalue weighted by molar-refractivity contribution is -0.122. The Morgan fingerprint density at radius 2 is 1.71 bits per heavy atom. The molecule has 1 aliphatic heterocycles. The predicted molar refractivity (Wildman–Crippen MR) is 152 cm³/mol. The molecule has 0 aromatic heterocycles. The van der Waals surface area contributed by atoms with Crippen LogP contribution in [0.5, 0.6) is 5.75 Å². The van der Waals surface area contributed by atoms with Crippen LogP contribution in [0.1, 0.15) is 23.6 Å². The first-order valence-electron chi connectivity index (χ1n) is 10.6. The number of carbonyl (C=O) groups excluding carboxylic acids is 2. The van der Waals surface area contributed by atoms with E-state index in [4.69, 9.17) is 40.2 Å². The number of nitrogens with one attached hydrogen (secondary N) is 1. The minimum Gasteiger partial charge on any atom is -0.488 e. The van der Waals surface area contributed by atoms with Crippen molar-refractivity contribution in [1.29, 1.82) is 0 Å². The number of nitrogens with zero attached hydrogens (tertiary/aromatic N) is 1. The van der Waals surface area contributed by atoms with E-state index < -0.39 is 11.8 Å². The van der Waals surface area contributed by atoms with E-state index in [-0.39, 0.29) is 10.7 Å². The van der Waals surface area contributed by atoms with Crippen molar-refractivity contribution in [3.05, 3.63) is 96.5 Å². The van der Waals surface area contributed by atoms with E-state index in [9.17, 15) is 9.59 Å². The molecule has 1 saturated heterocycles. The van der Waals surface area contributed by atoms with Crippen LogP contribution in [0.4, 0.5) is 5.69 Å². The topological polar surface area (TPSA) is 58.6 Å². The average Bonchev–Trinajstić information content (AvgIpc) is 2.83. The number of amides is 2. The maximum Gasteiger partial charge on any atom is 0.270 e. The Morgan fingerprint density at radius 3 is 2.37 bits per heavy atom. The molecule has 0 radical (unpaired) electrons. The molecule has 35 heavy (non-hydrogen) atoms. The molecular formula is C26H19Cl2IN2O3S. The fraction of sp³-hybridized carbons (Fsp3) is 0.115. The number of carbonyl (C=O) groups is 2. The summed E-state index contributed by atoms with van der Waals surface area (Å²) in [4.78, 5) is 27.2. The molecular weight excluding hydrogens is 618 g/mol. The summed E-state index contributed by atoms with van der Waals surface area (Å²) in [6, 6.07) is 18.3. The molecule has 5 nitrogen and oxygen atoms in total. The van der Waals surface area contributed by atoms with Gasteiger partial charge in [-0.05, 0) is 100 Å². The van der Waals surface area contributed by atoms with Crippen LogP contribution in [-0.2, 0) is 22.6 Å². The molecule has 2 amide bonds. The lowest BCUT2D eigenvalue weighted by Gasteiger charge is -2.29. The average molecular weight is 637 g/mol. The maximum absolute atomic E-state index is 13.2. The van der Waals surface area contributed by atoms with E-state index >= 15 is 0 Å². The fourth-order valence-electron chi connectivity index (χ4n) is 3.45. The molecule has 3 aromatic rings. The van der Waals surface area contributed by atoms with Crippen molar-refractivity contribution < 1.29 is 14.3 Å². The van der Waals surface area contributed by atoms with Gasteiger partial charge in [0.2, 0.25) is 0 Å². The summed E-state index contributed by atoms with van der Waals surface area (Å²) in [5.41, 5.74) is 3.31. The normalized spacial score (nSPS) is 14.9. The first kappa shape index (κ1) is 25.6. The third kappa shape index (κ3) is 5.86. The fourth-order valence-corrected chi connectivity index (χ4v) is 4.75. The summed E-state index contributed by atoms with van der Waals surface area (Å²) in [7, 11) is 0. The van der Waals surface area contributed by atoms with Crippen molar-refractivity contribution in [3.63, 3.8) is 0 Å². The Balaban J connectivity index is 1.54. The van der Waals surface area contributed by atoms with E-state index in [1.54, 1.807) is 30.3 Å². The molecule has 178 valence electrons. The predicted octanol–water partition coefficient (Wildman–Crippen LogP) is 6.57. The Morgan fingerprint density at radius 1 is 1.00 bits per heavy atom. The minimum absolute atomic E-state index is 0.00144. The highest BCUT2D eigenvalue weighted by Crippen LogP contribution is 2.28. The molecule has 0 spiro atoms.